The molecule has 2 bridgehead atoms. The molecule has 128 valence electrons. The lowest BCUT2D eigenvalue weighted by Crippen LogP contribution is -2.47. The first-order chi connectivity index (χ1) is 11.4. The van der Waals surface area contributed by atoms with Gasteiger partial charge in [0.15, 0.2) is 0 Å². The quantitative estimate of drug-likeness (QED) is 0.814. The van der Waals surface area contributed by atoms with E-state index in [9.17, 15) is 13.2 Å². The van der Waals surface area contributed by atoms with Crippen LogP contribution in [0.5, 0.6) is 0 Å². The number of amides is 1. The predicted octanol–water partition coefficient (Wildman–Crippen LogP) is 1.79. The van der Waals surface area contributed by atoms with Crippen molar-refractivity contribution in [1.82, 2.24) is 14.2 Å². The van der Waals surface area contributed by atoms with E-state index >= 15 is 0 Å². The Balaban J connectivity index is 1.63. The van der Waals surface area contributed by atoms with E-state index in [1.54, 1.807) is 5.51 Å². The average molecular weight is 365 g/mol. The molecule has 1 aromatic carbocycles. The summed E-state index contributed by atoms with van der Waals surface area (Å²) in [5, 5.41) is 0. The molecule has 0 N–H and O–H groups in total. The summed E-state index contributed by atoms with van der Waals surface area (Å²) >= 11 is 1.52. The summed E-state index contributed by atoms with van der Waals surface area (Å²) < 4.78 is 26.4. The number of sulfonamides is 1. The van der Waals surface area contributed by atoms with Gasteiger partial charge in [0.05, 0.1) is 22.0 Å². The molecule has 3 aliphatic rings. The average Bonchev–Trinajstić information content (AvgIpc) is 2.80. The second-order valence-electron chi connectivity index (χ2n) is 6.67. The Labute approximate surface area is 145 Å². The Morgan fingerprint density at radius 1 is 1.25 bits per heavy atom. The highest BCUT2D eigenvalue weighted by Gasteiger charge is 2.39. The molecule has 0 aliphatic carbocycles. The number of benzene rings is 1. The number of carbonyl (C=O) groups is 1. The van der Waals surface area contributed by atoms with Crippen molar-refractivity contribution >= 4 is 37.5 Å². The summed E-state index contributed by atoms with van der Waals surface area (Å²) in [7, 11) is -3.22. The number of carbonyl (C=O) groups excluding carboxylic acids is 1. The molecule has 8 heteroatoms. The number of thiazole rings is 1. The van der Waals surface area contributed by atoms with E-state index in [1.807, 2.05) is 23.1 Å². The zero-order valence-corrected chi connectivity index (χ0v) is 15.0. The van der Waals surface area contributed by atoms with Gasteiger partial charge in [-0.2, -0.15) is 4.31 Å². The molecular formula is C16H19N3O3S2. The van der Waals surface area contributed by atoms with Crippen molar-refractivity contribution in [1.29, 1.82) is 0 Å². The second-order valence-corrected chi connectivity index (χ2v) is 9.54. The number of rotatable bonds is 2. The number of nitrogens with zero attached hydrogens (tertiary/aromatic N) is 3. The molecule has 2 unspecified atom stereocenters. The van der Waals surface area contributed by atoms with Crippen LogP contribution in [0.1, 0.15) is 23.2 Å². The fourth-order valence-electron chi connectivity index (χ4n) is 3.71. The SMILES string of the molecule is CS(=O)(=O)N1CC2CCC(C1)N(C(=O)c1ccc3ncsc3c1)C2. The second kappa shape index (κ2) is 5.79. The van der Waals surface area contributed by atoms with Crippen LogP contribution in [-0.2, 0) is 10.0 Å². The van der Waals surface area contributed by atoms with Gasteiger partial charge in [-0.1, -0.05) is 0 Å². The van der Waals surface area contributed by atoms with Crippen molar-refractivity contribution in [2.45, 2.75) is 18.9 Å². The summed E-state index contributed by atoms with van der Waals surface area (Å²) in [6.07, 6.45) is 3.10. The van der Waals surface area contributed by atoms with Crippen molar-refractivity contribution < 1.29 is 13.2 Å². The van der Waals surface area contributed by atoms with E-state index in [-0.39, 0.29) is 17.9 Å². The maximum absolute atomic E-state index is 13.0. The molecule has 3 saturated heterocycles. The maximum atomic E-state index is 13.0. The van der Waals surface area contributed by atoms with Crippen LogP contribution < -0.4 is 0 Å². The summed E-state index contributed by atoms with van der Waals surface area (Å²) in [5.41, 5.74) is 3.33. The van der Waals surface area contributed by atoms with Crippen LogP contribution in [0.25, 0.3) is 10.2 Å². The van der Waals surface area contributed by atoms with E-state index in [0.717, 1.165) is 23.1 Å². The number of hydrogen-bond acceptors (Lipinski definition) is 5. The third kappa shape index (κ3) is 2.82. The van der Waals surface area contributed by atoms with Gasteiger partial charge in [0, 0.05) is 31.2 Å². The van der Waals surface area contributed by atoms with Crippen molar-refractivity contribution in [2.75, 3.05) is 25.9 Å². The minimum absolute atomic E-state index is 0.00430. The third-order valence-corrected chi connectivity index (χ3v) is 7.02. The van der Waals surface area contributed by atoms with Gasteiger partial charge in [0.25, 0.3) is 5.91 Å². The monoisotopic (exact) mass is 365 g/mol. The Hall–Kier alpha value is -1.51. The van der Waals surface area contributed by atoms with E-state index in [2.05, 4.69) is 4.98 Å². The molecule has 0 saturated carbocycles. The molecule has 6 nitrogen and oxygen atoms in total. The number of hydrogen-bond donors (Lipinski definition) is 0. The van der Waals surface area contributed by atoms with Gasteiger partial charge in [-0.3, -0.25) is 4.79 Å². The number of fused-ring (bicyclic) bond motifs is 5. The molecule has 1 aromatic heterocycles. The lowest BCUT2D eigenvalue weighted by Gasteiger charge is -2.36. The van der Waals surface area contributed by atoms with Crippen LogP contribution >= 0.6 is 11.3 Å². The van der Waals surface area contributed by atoms with Gasteiger partial charge >= 0.3 is 0 Å². The Morgan fingerprint density at radius 2 is 2.08 bits per heavy atom. The van der Waals surface area contributed by atoms with Gasteiger partial charge in [0.1, 0.15) is 0 Å². The summed E-state index contributed by atoms with van der Waals surface area (Å²) in [4.78, 5) is 19.1. The van der Waals surface area contributed by atoms with Crippen molar-refractivity contribution in [3.05, 3.63) is 29.3 Å². The summed E-state index contributed by atoms with van der Waals surface area (Å²) in [6.45, 7) is 1.56. The molecule has 2 aromatic rings. The first-order valence-corrected chi connectivity index (χ1v) is 10.7. The smallest absolute Gasteiger partial charge is 0.254 e. The van der Waals surface area contributed by atoms with Crippen molar-refractivity contribution in [3.8, 4) is 0 Å². The lowest BCUT2D eigenvalue weighted by atomic mass is 9.94. The van der Waals surface area contributed by atoms with Gasteiger partial charge < -0.3 is 4.90 Å². The molecule has 24 heavy (non-hydrogen) atoms. The normalized spacial score (nSPS) is 25.1. The van der Waals surface area contributed by atoms with Gasteiger partial charge in [-0.05, 0) is 37.0 Å². The molecular weight excluding hydrogens is 346 g/mol. The third-order valence-electron chi connectivity index (χ3n) is 4.99. The molecule has 3 aliphatic heterocycles. The van der Waals surface area contributed by atoms with Crippen LogP contribution in [-0.4, -0.2) is 60.4 Å². The van der Waals surface area contributed by atoms with E-state index in [4.69, 9.17) is 0 Å². The standard InChI is InChI=1S/C16H19N3O3S2/c1-24(21,22)18-7-11-2-4-13(9-18)19(8-11)16(20)12-3-5-14-15(6-12)23-10-17-14/h3,5-6,10-11,13H,2,4,7-9H2,1H3. The highest BCUT2D eigenvalue weighted by Crippen LogP contribution is 2.31. The van der Waals surface area contributed by atoms with Gasteiger partial charge in [0.2, 0.25) is 10.0 Å². The molecule has 4 heterocycles. The predicted molar refractivity (Wildman–Crippen MR) is 93.6 cm³/mol. The van der Waals surface area contributed by atoms with Crippen molar-refractivity contribution in [3.63, 3.8) is 0 Å². The molecule has 1 amide bonds. The molecule has 3 fully saturated rings. The molecule has 2 atom stereocenters. The summed E-state index contributed by atoms with van der Waals surface area (Å²) in [5.74, 6) is 0.213. The Bertz CT molecular complexity index is 893. The fourth-order valence-corrected chi connectivity index (χ4v) is 5.35. The first-order valence-electron chi connectivity index (χ1n) is 8.01. The minimum atomic E-state index is -3.22. The van der Waals surface area contributed by atoms with Crippen LogP contribution in [0, 0.1) is 5.92 Å². The Kier molecular flexibility index (Phi) is 3.85. The van der Waals surface area contributed by atoms with E-state index in [0.29, 0.717) is 25.2 Å². The minimum Gasteiger partial charge on any atom is -0.334 e. The highest BCUT2D eigenvalue weighted by atomic mass is 32.2. The molecule has 5 rings (SSSR count). The van der Waals surface area contributed by atoms with Crippen LogP contribution in [0.2, 0.25) is 0 Å². The number of aromatic nitrogens is 1. The van der Waals surface area contributed by atoms with Crippen molar-refractivity contribution in [2.24, 2.45) is 5.92 Å². The fraction of sp³-hybridized carbons (Fsp3) is 0.500. The highest BCUT2D eigenvalue weighted by molar-refractivity contribution is 7.88. The van der Waals surface area contributed by atoms with Gasteiger partial charge in [-0.25, -0.2) is 13.4 Å². The van der Waals surface area contributed by atoms with E-state index in [1.165, 1.54) is 21.9 Å². The van der Waals surface area contributed by atoms with Crippen LogP contribution in [0.15, 0.2) is 23.7 Å². The topological polar surface area (TPSA) is 70.6 Å². The largest absolute Gasteiger partial charge is 0.334 e. The molecule has 0 spiro atoms. The van der Waals surface area contributed by atoms with E-state index < -0.39 is 10.0 Å². The Morgan fingerprint density at radius 3 is 2.88 bits per heavy atom. The first kappa shape index (κ1) is 16.0. The zero-order valence-electron chi connectivity index (χ0n) is 13.4. The number of piperidine rings is 1. The van der Waals surface area contributed by atoms with Gasteiger partial charge in [-0.15, -0.1) is 11.3 Å². The maximum Gasteiger partial charge on any atom is 0.254 e. The lowest BCUT2D eigenvalue weighted by molar-refractivity contribution is 0.0589. The summed E-state index contributed by atoms with van der Waals surface area (Å²) in [6, 6.07) is 5.54. The molecule has 0 radical (unpaired) electrons. The van der Waals surface area contributed by atoms with Crippen LogP contribution in [0.4, 0.5) is 0 Å². The zero-order chi connectivity index (χ0) is 16.9. The van der Waals surface area contributed by atoms with Crippen LogP contribution in [0.3, 0.4) is 0 Å².